The summed E-state index contributed by atoms with van der Waals surface area (Å²) < 4.78 is 27.0. The van der Waals surface area contributed by atoms with Gasteiger partial charge in [-0.2, -0.15) is 0 Å². The molecule has 0 saturated carbocycles. The Morgan fingerprint density at radius 1 is 1.16 bits per heavy atom. The van der Waals surface area contributed by atoms with Crippen molar-refractivity contribution < 1.29 is 23.5 Å². The Balaban J connectivity index is 2.14. The predicted octanol–water partition coefficient (Wildman–Crippen LogP) is 4.81. The number of nitrogens with zero attached hydrogens (tertiary/aromatic N) is 2. The monoisotopic (exact) mass is 427 g/mol. The molecule has 0 aliphatic rings. The first-order valence-corrected chi connectivity index (χ1v) is 9.95. The topological polar surface area (TPSA) is 82.4 Å². The van der Waals surface area contributed by atoms with Crippen LogP contribution in [0, 0.1) is 5.82 Å². The van der Waals surface area contributed by atoms with Gasteiger partial charge in [-0.1, -0.05) is 18.2 Å². The second kappa shape index (κ2) is 8.75. The molecular formula is C23H26FN3O4. The van der Waals surface area contributed by atoms with Crippen molar-refractivity contribution in [2.45, 2.75) is 52.9 Å². The number of amides is 1. The maximum Gasteiger partial charge on any atom is 0.408 e. The Kier molecular flexibility index (Phi) is 6.29. The summed E-state index contributed by atoms with van der Waals surface area (Å²) in [5, 5.41) is 2.78. The lowest BCUT2D eigenvalue weighted by Crippen LogP contribution is -2.34. The Hall–Kier alpha value is -3.42. The first-order valence-electron chi connectivity index (χ1n) is 9.95. The number of imidazole rings is 1. The van der Waals surface area contributed by atoms with Crippen molar-refractivity contribution in [2.75, 3.05) is 0 Å². The van der Waals surface area contributed by atoms with Crippen molar-refractivity contribution in [3.05, 3.63) is 59.7 Å². The van der Waals surface area contributed by atoms with Gasteiger partial charge in [-0.15, -0.1) is 0 Å². The number of carbonyl (C=O) groups excluding carboxylic acids is 2. The number of esters is 1. The Bertz CT molecular complexity index is 1100. The Labute approximate surface area is 180 Å². The molecule has 164 valence electrons. The largest absolute Gasteiger partial charge is 0.461 e. The van der Waals surface area contributed by atoms with E-state index in [0.29, 0.717) is 16.9 Å². The van der Waals surface area contributed by atoms with Crippen molar-refractivity contribution in [3.63, 3.8) is 0 Å². The predicted molar refractivity (Wildman–Crippen MR) is 114 cm³/mol. The number of benzene rings is 2. The van der Waals surface area contributed by atoms with Crippen molar-refractivity contribution in [1.29, 1.82) is 0 Å². The molecule has 3 rings (SSSR count). The van der Waals surface area contributed by atoms with Gasteiger partial charge in [0.15, 0.2) is 0 Å². The smallest absolute Gasteiger partial charge is 0.408 e. The highest BCUT2D eigenvalue weighted by Crippen LogP contribution is 2.30. The highest BCUT2D eigenvalue weighted by Gasteiger charge is 2.25. The molecule has 0 fully saturated rings. The molecule has 0 saturated heterocycles. The number of aromatic nitrogens is 2. The van der Waals surface area contributed by atoms with E-state index in [1.807, 2.05) is 30.3 Å². The van der Waals surface area contributed by atoms with E-state index >= 15 is 0 Å². The molecule has 3 aromatic rings. The summed E-state index contributed by atoms with van der Waals surface area (Å²) in [5.41, 5.74) is 1.27. The molecule has 1 aromatic heterocycles. The van der Waals surface area contributed by atoms with E-state index in [0.717, 1.165) is 5.69 Å². The molecule has 0 bridgehead atoms. The number of alkyl carbamates (subject to hydrolysis) is 1. The first kappa shape index (κ1) is 22.3. The van der Waals surface area contributed by atoms with Crippen LogP contribution in [0.1, 0.15) is 52.0 Å². The van der Waals surface area contributed by atoms with Gasteiger partial charge in [0.1, 0.15) is 23.8 Å². The molecule has 1 amide bonds. The van der Waals surface area contributed by atoms with Crippen molar-refractivity contribution >= 4 is 23.1 Å². The molecule has 0 radical (unpaired) electrons. The van der Waals surface area contributed by atoms with Crippen LogP contribution in [-0.2, 0) is 20.9 Å². The van der Waals surface area contributed by atoms with E-state index in [1.54, 1.807) is 38.3 Å². The molecule has 7 nitrogen and oxygen atoms in total. The van der Waals surface area contributed by atoms with E-state index in [2.05, 4.69) is 10.3 Å². The number of fused-ring (bicyclic) bond motifs is 1. The van der Waals surface area contributed by atoms with Crippen LogP contribution in [0.5, 0.6) is 0 Å². The fraction of sp³-hybridized carbons (Fsp3) is 0.348. The summed E-state index contributed by atoms with van der Waals surface area (Å²) in [6.07, 6.45) is -0.585. The SMILES string of the molecule is CC(=O)OCc1c(F)ccc2nc([C@H](C)NC(=O)OC(C)(C)C)n(-c3ccccc3)c12. The van der Waals surface area contributed by atoms with Crippen LogP contribution in [0.2, 0.25) is 0 Å². The summed E-state index contributed by atoms with van der Waals surface area (Å²) in [6.45, 7) is 8.14. The normalized spacial score (nSPS) is 12.5. The third kappa shape index (κ3) is 5.20. The lowest BCUT2D eigenvalue weighted by Gasteiger charge is -2.22. The Morgan fingerprint density at radius 3 is 2.45 bits per heavy atom. The first-order chi connectivity index (χ1) is 14.6. The summed E-state index contributed by atoms with van der Waals surface area (Å²) in [7, 11) is 0. The average Bonchev–Trinajstić information content (AvgIpc) is 3.06. The molecule has 1 heterocycles. The summed E-state index contributed by atoms with van der Waals surface area (Å²) in [4.78, 5) is 28.3. The second-order valence-electron chi connectivity index (χ2n) is 8.18. The van der Waals surface area contributed by atoms with Gasteiger partial charge >= 0.3 is 12.1 Å². The maximum absolute atomic E-state index is 14.7. The molecule has 1 atom stereocenters. The maximum atomic E-state index is 14.7. The van der Waals surface area contributed by atoms with Crippen molar-refractivity contribution in [2.24, 2.45) is 0 Å². The highest BCUT2D eigenvalue weighted by atomic mass is 19.1. The molecule has 2 aromatic carbocycles. The number of ether oxygens (including phenoxy) is 2. The van der Waals surface area contributed by atoms with E-state index in [1.165, 1.54) is 13.0 Å². The molecule has 0 aliphatic heterocycles. The van der Waals surface area contributed by atoms with Crippen molar-refractivity contribution in [3.8, 4) is 5.69 Å². The summed E-state index contributed by atoms with van der Waals surface area (Å²) >= 11 is 0. The lowest BCUT2D eigenvalue weighted by molar-refractivity contribution is -0.142. The number of nitrogens with one attached hydrogen (secondary N) is 1. The van der Waals surface area contributed by atoms with Gasteiger partial charge in [0.05, 0.1) is 22.6 Å². The zero-order valence-electron chi connectivity index (χ0n) is 18.2. The van der Waals surface area contributed by atoms with Crippen LogP contribution < -0.4 is 5.32 Å². The van der Waals surface area contributed by atoms with Crippen LogP contribution in [0.4, 0.5) is 9.18 Å². The number of carbonyl (C=O) groups is 2. The van der Waals surface area contributed by atoms with Crippen LogP contribution in [0.25, 0.3) is 16.7 Å². The molecule has 0 aliphatic carbocycles. The van der Waals surface area contributed by atoms with E-state index in [9.17, 15) is 14.0 Å². The van der Waals surface area contributed by atoms with Gasteiger partial charge in [0, 0.05) is 12.6 Å². The van der Waals surface area contributed by atoms with Gasteiger partial charge in [0.2, 0.25) is 0 Å². The zero-order chi connectivity index (χ0) is 22.8. The number of para-hydroxylation sites is 1. The van der Waals surface area contributed by atoms with Gasteiger partial charge in [-0.25, -0.2) is 14.2 Å². The molecule has 0 spiro atoms. The number of hydrogen-bond acceptors (Lipinski definition) is 5. The minimum Gasteiger partial charge on any atom is -0.461 e. The number of hydrogen-bond donors (Lipinski definition) is 1. The Morgan fingerprint density at radius 2 is 1.84 bits per heavy atom. The van der Waals surface area contributed by atoms with Crippen LogP contribution in [-0.4, -0.2) is 27.2 Å². The molecule has 8 heteroatoms. The van der Waals surface area contributed by atoms with Crippen LogP contribution in [0.3, 0.4) is 0 Å². The van der Waals surface area contributed by atoms with E-state index in [-0.39, 0.29) is 12.2 Å². The quantitative estimate of drug-likeness (QED) is 0.591. The third-order valence-corrected chi connectivity index (χ3v) is 4.45. The van der Waals surface area contributed by atoms with Crippen molar-refractivity contribution in [1.82, 2.24) is 14.9 Å². The number of halogens is 1. The lowest BCUT2D eigenvalue weighted by atomic mass is 10.1. The summed E-state index contributed by atoms with van der Waals surface area (Å²) in [6, 6.07) is 11.6. The minimum absolute atomic E-state index is 0.208. The molecule has 0 unspecified atom stereocenters. The fourth-order valence-corrected chi connectivity index (χ4v) is 3.22. The molecular weight excluding hydrogens is 401 g/mol. The van der Waals surface area contributed by atoms with Gasteiger partial charge in [0.25, 0.3) is 0 Å². The zero-order valence-corrected chi connectivity index (χ0v) is 18.2. The van der Waals surface area contributed by atoms with Gasteiger partial charge in [-0.3, -0.25) is 9.36 Å². The highest BCUT2D eigenvalue weighted by molar-refractivity contribution is 5.82. The summed E-state index contributed by atoms with van der Waals surface area (Å²) in [5.74, 6) is -0.533. The van der Waals surface area contributed by atoms with E-state index < -0.39 is 29.5 Å². The standard InChI is InChI=1S/C23H26FN3O4/c1-14(25-22(29)31-23(3,4)5)21-26-19-12-11-18(24)17(13-30-15(2)28)20(19)27(21)16-9-7-6-8-10-16/h6-12,14H,13H2,1-5H3,(H,25,29)/t14-/m0/s1. The van der Waals surface area contributed by atoms with Gasteiger partial charge < -0.3 is 14.8 Å². The van der Waals surface area contributed by atoms with Crippen LogP contribution in [0.15, 0.2) is 42.5 Å². The average molecular weight is 427 g/mol. The minimum atomic E-state index is -0.649. The molecule has 1 N–H and O–H groups in total. The van der Waals surface area contributed by atoms with Crippen LogP contribution >= 0.6 is 0 Å². The number of rotatable bonds is 5. The third-order valence-electron chi connectivity index (χ3n) is 4.45. The fourth-order valence-electron chi connectivity index (χ4n) is 3.22. The second-order valence-corrected chi connectivity index (χ2v) is 8.18. The van der Waals surface area contributed by atoms with Gasteiger partial charge in [-0.05, 0) is 52.0 Å². The molecule has 31 heavy (non-hydrogen) atoms. The van der Waals surface area contributed by atoms with E-state index in [4.69, 9.17) is 9.47 Å².